The predicted octanol–water partition coefficient (Wildman–Crippen LogP) is 2.36. The van der Waals surface area contributed by atoms with Gasteiger partial charge in [0.05, 0.1) is 5.71 Å². The van der Waals surface area contributed by atoms with Crippen molar-refractivity contribution in [3.05, 3.63) is 47.7 Å². The van der Waals surface area contributed by atoms with E-state index in [-0.39, 0.29) is 12.5 Å². The maximum atomic E-state index is 12.2. The fraction of sp³-hybridized carbons (Fsp3) is 0.304. The van der Waals surface area contributed by atoms with Crippen molar-refractivity contribution in [3.8, 4) is 17.4 Å². The molecule has 1 amide bonds. The molecule has 0 atom stereocenters. The summed E-state index contributed by atoms with van der Waals surface area (Å²) in [5.41, 5.74) is 2.44. The summed E-state index contributed by atoms with van der Waals surface area (Å²) in [5.74, 6) is 1.31. The fourth-order valence-corrected chi connectivity index (χ4v) is 3.77. The van der Waals surface area contributed by atoms with Crippen LogP contribution in [0.5, 0.6) is 5.88 Å². The molecule has 1 N–H and O–H groups in total. The van der Waals surface area contributed by atoms with Crippen LogP contribution in [0.2, 0.25) is 0 Å². The van der Waals surface area contributed by atoms with Gasteiger partial charge in [0.2, 0.25) is 17.6 Å². The highest BCUT2D eigenvalue weighted by molar-refractivity contribution is 6.05. The molecule has 11 nitrogen and oxygen atoms in total. The molecule has 34 heavy (non-hydrogen) atoms. The largest absolute Gasteiger partial charge is 0.470 e. The molecule has 0 saturated carbocycles. The number of hydrogen-bond acceptors (Lipinski definition) is 9. The van der Waals surface area contributed by atoms with E-state index >= 15 is 0 Å². The number of carbonyl (C=O) groups is 1. The highest BCUT2D eigenvalue weighted by atomic mass is 16.5. The third-order valence-corrected chi connectivity index (χ3v) is 5.33. The molecule has 5 rings (SSSR count). The van der Waals surface area contributed by atoms with E-state index in [1.165, 1.54) is 0 Å². The monoisotopic (exact) mass is 461 g/mol. The van der Waals surface area contributed by atoms with Gasteiger partial charge in [-0.2, -0.15) is 4.52 Å². The SMILES string of the molecule is CCNC(=O)C1=CC(COc2nn3c(-c4cc(COC)on4)nnc3c3ccccc23)=NCC1. The number of aromatic nitrogens is 5. The zero-order chi connectivity index (χ0) is 23.5. The normalized spacial score (nSPS) is 13.7. The molecule has 1 aliphatic rings. The van der Waals surface area contributed by atoms with Crippen molar-refractivity contribution in [2.45, 2.75) is 20.0 Å². The number of hydrogen-bond donors (Lipinski definition) is 1. The zero-order valence-electron chi connectivity index (χ0n) is 18.8. The van der Waals surface area contributed by atoms with E-state index in [0.29, 0.717) is 66.2 Å². The minimum Gasteiger partial charge on any atom is -0.470 e. The molecule has 0 saturated heterocycles. The number of nitrogens with zero attached hydrogens (tertiary/aromatic N) is 6. The van der Waals surface area contributed by atoms with Gasteiger partial charge in [0.15, 0.2) is 17.1 Å². The summed E-state index contributed by atoms with van der Waals surface area (Å²) in [6, 6.07) is 9.41. The average molecular weight is 461 g/mol. The number of amides is 1. The van der Waals surface area contributed by atoms with E-state index in [2.05, 4.69) is 30.8 Å². The van der Waals surface area contributed by atoms with E-state index in [1.54, 1.807) is 23.8 Å². The molecule has 0 spiro atoms. The van der Waals surface area contributed by atoms with Crippen molar-refractivity contribution >= 4 is 28.0 Å². The molecule has 4 aromatic rings. The topological polar surface area (TPSA) is 129 Å². The van der Waals surface area contributed by atoms with Crippen LogP contribution < -0.4 is 10.1 Å². The Morgan fingerprint density at radius 3 is 2.88 bits per heavy atom. The number of carbonyl (C=O) groups excluding carboxylic acids is 1. The van der Waals surface area contributed by atoms with Crippen LogP contribution in [0.25, 0.3) is 27.9 Å². The van der Waals surface area contributed by atoms with Crippen LogP contribution in [0, 0.1) is 0 Å². The summed E-state index contributed by atoms with van der Waals surface area (Å²) in [6.45, 7) is 3.48. The molecule has 11 heteroatoms. The van der Waals surface area contributed by atoms with Crippen molar-refractivity contribution < 1.29 is 18.8 Å². The molecule has 0 bridgehead atoms. The number of aliphatic imine (C=N–C) groups is 1. The Morgan fingerprint density at radius 1 is 1.21 bits per heavy atom. The first-order valence-electron chi connectivity index (χ1n) is 10.9. The second-order valence-electron chi connectivity index (χ2n) is 7.66. The van der Waals surface area contributed by atoms with Gasteiger partial charge in [0, 0.05) is 42.6 Å². The van der Waals surface area contributed by atoms with Gasteiger partial charge in [0.1, 0.15) is 13.2 Å². The van der Waals surface area contributed by atoms with Gasteiger partial charge in [-0.1, -0.05) is 23.4 Å². The molecule has 4 heterocycles. The van der Waals surface area contributed by atoms with Gasteiger partial charge in [-0.05, 0) is 25.5 Å². The second kappa shape index (κ2) is 9.40. The lowest BCUT2D eigenvalue weighted by atomic mass is 10.1. The van der Waals surface area contributed by atoms with Crippen LogP contribution in [0.4, 0.5) is 0 Å². The predicted molar refractivity (Wildman–Crippen MR) is 124 cm³/mol. The first-order valence-corrected chi connectivity index (χ1v) is 10.9. The van der Waals surface area contributed by atoms with Gasteiger partial charge in [-0.15, -0.1) is 15.3 Å². The average Bonchev–Trinajstić information content (AvgIpc) is 3.50. The van der Waals surface area contributed by atoms with Crippen LogP contribution in [-0.2, 0) is 16.1 Å². The van der Waals surface area contributed by atoms with Gasteiger partial charge in [0.25, 0.3) is 0 Å². The lowest BCUT2D eigenvalue weighted by Crippen LogP contribution is -2.27. The number of methoxy groups -OCH3 is 1. The number of fused-ring (bicyclic) bond motifs is 3. The molecule has 0 aliphatic carbocycles. The molecule has 0 unspecified atom stereocenters. The Morgan fingerprint density at radius 2 is 2.06 bits per heavy atom. The molecule has 1 aromatic carbocycles. The van der Waals surface area contributed by atoms with Gasteiger partial charge >= 0.3 is 0 Å². The van der Waals surface area contributed by atoms with Gasteiger partial charge < -0.3 is 19.3 Å². The Labute approximate surface area is 194 Å². The summed E-state index contributed by atoms with van der Waals surface area (Å²) in [5, 5.41) is 21.8. The molecule has 3 aromatic heterocycles. The molecular weight excluding hydrogens is 438 g/mol. The number of likely N-dealkylation sites (N-methyl/N-ethyl adjacent to an activating group) is 1. The maximum absolute atomic E-state index is 12.2. The number of rotatable bonds is 8. The molecule has 0 radical (unpaired) electrons. The quantitative estimate of drug-likeness (QED) is 0.423. The molecule has 174 valence electrons. The first-order chi connectivity index (χ1) is 16.7. The Hall–Kier alpha value is -4.12. The number of ether oxygens (including phenoxy) is 2. The third kappa shape index (κ3) is 4.13. The minimum atomic E-state index is -0.0746. The second-order valence-corrected chi connectivity index (χ2v) is 7.66. The number of dihydropyridines is 1. The van der Waals surface area contributed by atoms with Crippen LogP contribution >= 0.6 is 0 Å². The Bertz CT molecular complexity index is 1420. The van der Waals surface area contributed by atoms with E-state index < -0.39 is 0 Å². The minimum absolute atomic E-state index is 0.0746. The molecular formula is C23H23N7O4. The van der Waals surface area contributed by atoms with Crippen LogP contribution in [0.1, 0.15) is 19.1 Å². The first kappa shape index (κ1) is 21.7. The zero-order valence-corrected chi connectivity index (χ0v) is 18.8. The summed E-state index contributed by atoms with van der Waals surface area (Å²) in [4.78, 5) is 16.7. The number of benzene rings is 1. The standard InChI is InChI=1S/C23H23N7O4/c1-3-24-22(31)14-8-9-25-15(10-14)12-33-23-18-7-5-4-6-17(18)20-26-27-21(30(20)28-23)19-11-16(13-32-2)34-29-19/h4-7,10-11H,3,8-9,12-13H2,1-2H3,(H,24,31). The fourth-order valence-electron chi connectivity index (χ4n) is 3.77. The van der Waals surface area contributed by atoms with E-state index in [9.17, 15) is 4.79 Å². The lowest BCUT2D eigenvalue weighted by molar-refractivity contribution is -0.117. The summed E-state index contributed by atoms with van der Waals surface area (Å²) in [7, 11) is 1.58. The lowest BCUT2D eigenvalue weighted by Gasteiger charge is -2.14. The summed E-state index contributed by atoms with van der Waals surface area (Å²) >= 11 is 0. The van der Waals surface area contributed by atoms with E-state index in [0.717, 1.165) is 10.8 Å². The van der Waals surface area contributed by atoms with Crippen molar-refractivity contribution in [2.24, 2.45) is 4.99 Å². The van der Waals surface area contributed by atoms with E-state index in [1.807, 2.05) is 31.2 Å². The highest BCUT2D eigenvalue weighted by Crippen LogP contribution is 2.29. The van der Waals surface area contributed by atoms with Crippen molar-refractivity contribution in [1.82, 2.24) is 30.3 Å². The smallest absolute Gasteiger partial charge is 0.247 e. The van der Waals surface area contributed by atoms with Gasteiger partial charge in [-0.3, -0.25) is 9.79 Å². The number of nitrogens with one attached hydrogen (secondary N) is 1. The summed E-state index contributed by atoms with van der Waals surface area (Å²) in [6.07, 6.45) is 2.39. The Kier molecular flexibility index (Phi) is 6.00. The van der Waals surface area contributed by atoms with Crippen LogP contribution in [0.15, 0.2) is 51.5 Å². The van der Waals surface area contributed by atoms with E-state index in [4.69, 9.17) is 14.0 Å². The van der Waals surface area contributed by atoms with Crippen molar-refractivity contribution in [2.75, 3.05) is 26.8 Å². The third-order valence-electron chi connectivity index (χ3n) is 5.33. The Balaban J connectivity index is 1.49. The van der Waals surface area contributed by atoms with Crippen molar-refractivity contribution in [1.29, 1.82) is 0 Å². The van der Waals surface area contributed by atoms with Crippen LogP contribution in [-0.4, -0.2) is 63.4 Å². The molecule has 0 fully saturated rings. The van der Waals surface area contributed by atoms with Gasteiger partial charge in [-0.25, -0.2) is 0 Å². The van der Waals surface area contributed by atoms with Crippen LogP contribution in [0.3, 0.4) is 0 Å². The maximum Gasteiger partial charge on any atom is 0.247 e. The summed E-state index contributed by atoms with van der Waals surface area (Å²) < 4.78 is 18.1. The highest BCUT2D eigenvalue weighted by Gasteiger charge is 2.20. The molecule has 1 aliphatic heterocycles. The van der Waals surface area contributed by atoms with Crippen molar-refractivity contribution in [3.63, 3.8) is 0 Å².